The molecular formula is C14H13N3O3. The SMILES string of the molecule is O=C(O)C=Cc1cccc(C(=O)NCc2cnc[nH]2)c1. The average molecular weight is 271 g/mol. The van der Waals surface area contributed by atoms with E-state index in [1.54, 1.807) is 36.8 Å². The number of H-pyrrole nitrogens is 1. The van der Waals surface area contributed by atoms with Gasteiger partial charge in [-0.15, -0.1) is 0 Å². The predicted octanol–water partition coefficient (Wildman–Crippen LogP) is 1.44. The van der Waals surface area contributed by atoms with E-state index in [1.807, 2.05) is 0 Å². The molecule has 0 aliphatic carbocycles. The van der Waals surface area contributed by atoms with Crippen LogP contribution in [0.15, 0.2) is 42.9 Å². The zero-order chi connectivity index (χ0) is 14.4. The van der Waals surface area contributed by atoms with Gasteiger partial charge in [0.2, 0.25) is 0 Å². The lowest BCUT2D eigenvalue weighted by Gasteiger charge is -2.04. The van der Waals surface area contributed by atoms with E-state index in [9.17, 15) is 9.59 Å². The Labute approximate surface area is 115 Å². The minimum atomic E-state index is -1.03. The minimum absolute atomic E-state index is 0.231. The summed E-state index contributed by atoms with van der Waals surface area (Å²) in [6, 6.07) is 6.72. The van der Waals surface area contributed by atoms with Crippen LogP contribution in [0.5, 0.6) is 0 Å². The molecule has 20 heavy (non-hydrogen) atoms. The van der Waals surface area contributed by atoms with E-state index in [4.69, 9.17) is 5.11 Å². The zero-order valence-electron chi connectivity index (χ0n) is 10.5. The Morgan fingerprint density at radius 1 is 1.40 bits per heavy atom. The van der Waals surface area contributed by atoms with Gasteiger partial charge in [-0.3, -0.25) is 4.79 Å². The number of carboxylic acids is 1. The third-order valence-corrected chi connectivity index (χ3v) is 2.56. The number of amides is 1. The highest BCUT2D eigenvalue weighted by Crippen LogP contribution is 2.07. The largest absolute Gasteiger partial charge is 0.478 e. The standard InChI is InChI=1S/C14H13N3O3/c18-13(19)5-4-10-2-1-3-11(6-10)14(20)16-8-12-7-15-9-17-12/h1-7,9H,8H2,(H,15,17)(H,16,20)(H,18,19). The summed E-state index contributed by atoms with van der Waals surface area (Å²) >= 11 is 0. The second-order valence-electron chi connectivity index (χ2n) is 4.06. The molecule has 0 bridgehead atoms. The maximum Gasteiger partial charge on any atom is 0.328 e. The van der Waals surface area contributed by atoms with E-state index in [0.29, 0.717) is 17.7 Å². The maximum absolute atomic E-state index is 11.9. The van der Waals surface area contributed by atoms with Gasteiger partial charge in [0.1, 0.15) is 0 Å². The van der Waals surface area contributed by atoms with E-state index in [0.717, 1.165) is 11.8 Å². The number of hydrogen-bond acceptors (Lipinski definition) is 3. The second kappa shape index (κ2) is 6.33. The Balaban J connectivity index is 2.02. The molecule has 2 rings (SSSR count). The first-order chi connectivity index (χ1) is 9.65. The molecule has 2 aromatic rings. The molecule has 6 heteroatoms. The highest BCUT2D eigenvalue weighted by atomic mass is 16.4. The third-order valence-electron chi connectivity index (χ3n) is 2.56. The molecule has 0 aliphatic rings. The van der Waals surface area contributed by atoms with Gasteiger partial charge in [-0.25, -0.2) is 9.78 Å². The molecule has 102 valence electrons. The fourth-order valence-corrected chi connectivity index (χ4v) is 1.61. The molecule has 1 amide bonds. The van der Waals surface area contributed by atoms with Crippen molar-refractivity contribution in [3.63, 3.8) is 0 Å². The monoisotopic (exact) mass is 271 g/mol. The van der Waals surface area contributed by atoms with Crippen LogP contribution in [0.1, 0.15) is 21.6 Å². The summed E-state index contributed by atoms with van der Waals surface area (Å²) in [4.78, 5) is 29.1. The molecule has 0 atom stereocenters. The van der Waals surface area contributed by atoms with Crippen molar-refractivity contribution in [2.24, 2.45) is 0 Å². The Morgan fingerprint density at radius 2 is 2.25 bits per heavy atom. The summed E-state index contributed by atoms with van der Waals surface area (Å²) in [5, 5.41) is 11.3. The van der Waals surface area contributed by atoms with Gasteiger partial charge in [0, 0.05) is 17.8 Å². The smallest absolute Gasteiger partial charge is 0.328 e. The summed E-state index contributed by atoms with van der Waals surface area (Å²) in [5.74, 6) is -1.26. The Kier molecular flexibility index (Phi) is 4.28. The molecule has 0 aliphatic heterocycles. The highest BCUT2D eigenvalue weighted by molar-refractivity contribution is 5.95. The van der Waals surface area contributed by atoms with Crippen molar-refractivity contribution < 1.29 is 14.7 Å². The summed E-state index contributed by atoms with van der Waals surface area (Å²) in [7, 11) is 0. The van der Waals surface area contributed by atoms with Crippen molar-refractivity contribution in [1.82, 2.24) is 15.3 Å². The Bertz CT molecular complexity index is 633. The molecule has 0 saturated carbocycles. The molecule has 0 radical (unpaired) electrons. The minimum Gasteiger partial charge on any atom is -0.478 e. The molecular weight excluding hydrogens is 258 g/mol. The van der Waals surface area contributed by atoms with Gasteiger partial charge in [-0.1, -0.05) is 12.1 Å². The summed E-state index contributed by atoms with van der Waals surface area (Å²) < 4.78 is 0. The van der Waals surface area contributed by atoms with Crippen molar-refractivity contribution in [1.29, 1.82) is 0 Å². The fourth-order valence-electron chi connectivity index (χ4n) is 1.61. The van der Waals surface area contributed by atoms with Gasteiger partial charge in [-0.05, 0) is 23.8 Å². The fraction of sp³-hybridized carbons (Fsp3) is 0.0714. The first kappa shape index (κ1) is 13.5. The van der Waals surface area contributed by atoms with Crippen molar-refractivity contribution in [2.75, 3.05) is 0 Å². The van der Waals surface area contributed by atoms with Crippen LogP contribution in [0.3, 0.4) is 0 Å². The molecule has 1 aromatic heterocycles. The molecule has 6 nitrogen and oxygen atoms in total. The molecule has 0 spiro atoms. The van der Waals surface area contributed by atoms with E-state index in [1.165, 1.54) is 6.08 Å². The molecule has 3 N–H and O–H groups in total. The van der Waals surface area contributed by atoms with Crippen LogP contribution in [0.4, 0.5) is 0 Å². The number of aromatic nitrogens is 2. The van der Waals surface area contributed by atoms with Crippen LogP contribution in [-0.4, -0.2) is 27.0 Å². The van der Waals surface area contributed by atoms with Gasteiger partial charge in [0.15, 0.2) is 0 Å². The van der Waals surface area contributed by atoms with E-state index in [2.05, 4.69) is 15.3 Å². The topological polar surface area (TPSA) is 95.1 Å². The zero-order valence-corrected chi connectivity index (χ0v) is 10.5. The number of carboxylic acid groups (broad SMARTS) is 1. The van der Waals surface area contributed by atoms with Gasteiger partial charge < -0.3 is 15.4 Å². The number of aliphatic carboxylic acids is 1. The number of nitrogens with one attached hydrogen (secondary N) is 2. The first-order valence-corrected chi connectivity index (χ1v) is 5.91. The van der Waals surface area contributed by atoms with Crippen LogP contribution in [0.2, 0.25) is 0 Å². The first-order valence-electron chi connectivity index (χ1n) is 5.91. The number of rotatable bonds is 5. The summed E-state index contributed by atoms with van der Waals surface area (Å²) in [6.45, 7) is 0.355. The lowest BCUT2D eigenvalue weighted by Crippen LogP contribution is -2.22. The quantitative estimate of drug-likeness (QED) is 0.717. The maximum atomic E-state index is 11.9. The van der Waals surface area contributed by atoms with Crippen molar-refractivity contribution >= 4 is 18.0 Å². The summed E-state index contributed by atoms with van der Waals surface area (Å²) in [5.41, 5.74) is 1.93. The lowest BCUT2D eigenvalue weighted by atomic mass is 10.1. The number of hydrogen-bond donors (Lipinski definition) is 3. The van der Waals surface area contributed by atoms with Gasteiger partial charge in [0.05, 0.1) is 18.6 Å². The van der Waals surface area contributed by atoms with Crippen LogP contribution < -0.4 is 5.32 Å². The van der Waals surface area contributed by atoms with Gasteiger partial charge in [-0.2, -0.15) is 0 Å². The van der Waals surface area contributed by atoms with Crippen LogP contribution in [0, 0.1) is 0 Å². The molecule has 1 aromatic carbocycles. The average Bonchev–Trinajstić information content (AvgIpc) is 2.96. The second-order valence-corrected chi connectivity index (χ2v) is 4.06. The lowest BCUT2D eigenvalue weighted by molar-refractivity contribution is -0.131. The number of benzene rings is 1. The van der Waals surface area contributed by atoms with Crippen molar-refractivity contribution in [2.45, 2.75) is 6.54 Å². The molecule has 0 saturated heterocycles. The van der Waals surface area contributed by atoms with Crippen LogP contribution in [0.25, 0.3) is 6.08 Å². The molecule has 1 heterocycles. The van der Waals surface area contributed by atoms with Crippen LogP contribution in [-0.2, 0) is 11.3 Å². The van der Waals surface area contributed by atoms with E-state index < -0.39 is 5.97 Å². The Hall–Kier alpha value is -2.89. The van der Waals surface area contributed by atoms with Crippen LogP contribution >= 0.6 is 0 Å². The predicted molar refractivity (Wildman–Crippen MR) is 72.9 cm³/mol. The van der Waals surface area contributed by atoms with Crippen molar-refractivity contribution in [3.8, 4) is 0 Å². The van der Waals surface area contributed by atoms with E-state index in [-0.39, 0.29) is 5.91 Å². The number of imidazole rings is 1. The number of aromatic amines is 1. The molecule has 0 fully saturated rings. The van der Waals surface area contributed by atoms with Gasteiger partial charge in [0.25, 0.3) is 5.91 Å². The number of nitrogens with zero attached hydrogens (tertiary/aromatic N) is 1. The Morgan fingerprint density at radius 3 is 2.95 bits per heavy atom. The highest BCUT2D eigenvalue weighted by Gasteiger charge is 2.05. The van der Waals surface area contributed by atoms with Gasteiger partial charge >= 0.3 is 5.97 Å². The third kappa shape index (κ3) is 3.81. The molecule has 0 unspecified atom stereocenters. The van der Waals surface area contributed by atoms with Crippen molar-refractivity contribution in [3.05, 3.63) is 59.7 Å². The summed E-state index contributed by atoms with van der Waals surface area (Å²) in [6.07, 6.45) is 5.64. The number of carbonyl (C=O) groups excluding carboxylic acids is 1. The van der Waals surface area contributed by atoms with E-state index >= 15 is 0 Å². The number of carbonyl (C=O) groups is 2. The normalized spacial score (nSPS) is 10.6.